The summed E-state index contributed by atoms with van der Waals surface area (Å²) >= 11 is 2.26. The van der Waals surface area contributed by atoms with Crippen LogP contribution < -0.4 is 4.31 Å². The largest absolute Gasteiger partial charge is 0.288 e. The van der Waals surface area contributed by atoms with Crippen LogP contribution in [0.3, 0.4) is 0 Å². The monoisotopic (exact) mass is 554 g/mol. The highest BCUT2D eigenvalue weighted by molar-refractivity contribution is 14.1. The van der Waals surface area contributed by atoms with E-state index in [4.69, 9.17) is 0 Å². The van der Waals surface area contributed by atoms with Crippen molar-refractivity contribution in [3.63, 3.8) is 0 Å². The summed E-state index contributed by atoms with van der Waals surface area (Å²) < 4.78 is 54.8. The minimum absolute atomic E-state index is 0.00942. The Morgan fingerprint density at radius 3 is 2.03 bits per heavy atom. The molecule has 4 rings (SSSR count). The van der Waals surface area contributed by atoms with Crippen molar-refractivity contribution in [3.05, 3.63) is 99.1 Å². The van der Waals surface area contributed by atoms with Crippen molar-refractivity contribution in [1.29, 1.82) is 0 Å². The Morgan fingerprint density at radius 1 is 0.935 bits per heavy atom. The van der Waals surface area contributed by atoms with Crippen LogP contribution in [0.1, 0.15) is 17.2 Å². The molecular formula is C23H21F2IN2O2S. The van der Waals surface area contributed by atoms with Gasteiger partial charge in [0.05, 0.1) is 24.0 Å². The normalized spacial score (nSPS) is 16.0. The maximum absolute atomic E-state index is 13.8. The van der Waals surface area contributed by atoms with Crippen molar-refractivity contribution in [2.45, 2.75) is 12.1 Å². The Labute approximate surface area is 194 Å². The van der Waals surface area contributed by atoms with E-state index in [1.807, 2.05) is 42.5 Å². The number of sulfonamides is 1. The zero-order valence-electron chi connectivity index (χ0n) is 16.8. The van der Waals surface area contributed by atoms with Gasteiger partial charge in [-0.25, -0.2) is 17.2 Å². The third-order valence-corrected chi connectivity index (χ3v) is 7.29. The third kappa shape index (κ3) is 4.91. The van der Waals surface area contributed by atoms with E-state index in [-0.39, 0.29) is 11.7 Å². The molecule has 1 unspecified atom stereocenters. The van der Waals surface area contributed by atoms with Crippen LogP contribution in [-0.4, -0.2) is 38.7 Å². The molecule has 0 radical (unpaired) electrons. The Hall–Kier alpha value is -2.04. The molecule has 1 heterocycles. The van der Waals surface area contributed by atoms with Gasteiger partial charge in [0.2, 0.25) is 10.0 Å². The second-order valence-corrected chi connectivity index (χ2v) is 10.8. The molecule has 3 aromatic carbocycles. The Morgan fingerprint density at radius 2 is 1.48 bits per heavy atom. The first-order valence-corrected chi connectivity index (χ1v) is 12.6. The molecule has 0 amide bonds. The summed E-state index contributed by atoms with van der Waals surface area (Å²) in [4.78, 5) is 2.18. The number of rotatable bonds is 6. The molecule has 4 nitrogen and oxygen atoms in total. The zero-order chi connectivity index (χ0) is 22.2. The molecule has 31 heavy (non-hydrogen) atoms. The summed E-state index contributed by atoms with van der Waals surface area (Å²) in [5.74, 6) is -1.61. The van der Waals surface area contributed by atoms with Crippen LogP contribution in [0.4, 0.5) is 14.5 Å². The minimum Gasteiger partial charge on any atom is -0.288 e. The highest BCUT2D eigenvalue weighted by atomic mass is 127. The van der Waals surface area contributed by atoms with E-state index in [0.29, 0.717) is 13.1 Å². The quantitative estimate of drug-likeness (QED) is 0.411. The molecule has 0 N–H and O–H groups in total. The van der Waals surface area contributed by atoms with Crippen LogP contribution in [-0.2, 0) is 10.0 Å². The van der Waals surface area contributed by atoms with E-state index in [2.05, 4.69) is 39.6 Å². The SMILES string of the molecule is CS(=O)(=O)N(c1cc(F)cc(F)c1)C1CN(C(c2ccccc2)c2ccc(I)cc2)C1. The molecule has 1 aliphatic heterocycles. The number of likely N-dealkylation sites (tertiary alicyclic amines) is 1. The second kappa shape index (κ2) is 8.84. The van der Waals surface area contributed by atoms with Gasteiger partial charge in [-0.05, 0) is 58.0 Å². The number of halogens is 3. The first kappa shape index (κ1) is 22.2. The van der Waals surface area contributed by atoms with E-state index in [1.54, 1.807) is 0 Å². The molecule has 8 heteroatoms. The summed E-state index contributed by atoms with van der Waals surface area (Å²) in [5.41, 5.74) is 2.22. The zero-order valence-corrected chi connectivity index (χ0v) is 19.7. The molecule has 0 spiro atoms. The van der Waals surface area contributed by atoms with Crippen LogP contribution in [0.15, 0.2) is 72.8 Å². The number of anilines is 1. The lowest BCUT2D eigenvalue weighted by atomic mass is 9.93. The van der Waals surface area contributed by atoms with E-state index < -0.39 is 27.7 Å². The number of benzene rings is 3. The first-order valence-electron chi connectivity index (χ1n) is 9.72. The molecule has 1 fully saturated rings. The van der Waals surface area contributed by atoms with Gasteiger partial charge >= 0.3 is 0 Å². The van der Waals surface area contributed by atoms with Crippen LogP contribution in [0, 0.1) is 15.2 Å². The molecule has 3 aromatic rings. The molecule has 0 saturated carbocycles. The first-order chi connectivity index (χ1) is 14.7. The van der Waals surface area contributed by atoms with Gasteiger partial charge in [0.1, 0.15) is 11.6 Å². The van der Waals surface area contributed by atoms with E-state index in [1.165, 1.54) is 0 Å². The second-order valence-electron chi connectivity index (χ2n) is 7.66. The average molecular weight is 554 g/mol. The van der Waals surface area contributed by atoms with Gasteiger partial charge in [-0.3, -0.25) is 9.21 Å². The average Bonchev–Trinajstić information content (AvgIpc) is 2.66. The van der Waals surface area contributed by atoms with Crippen molar-refractivity contribution < 1.29 is 17.2 Å². The van der Waals surface area contributed by atoms with Crippen molar-refractivity contribution in [3.8, 4) is 0 Å². The van der Waals surface area contributed by atoms with E-state index in [9.17, 15) is 17.2 Å². The number of hydrogen-bond donors (Lipinski definition) is 0. The lowest BCUT2D eigenvalue weighted by Crippen LogP contribution is -2.61. The molecule has 0 aromatic heterocycles. The predicted molar refractivity (Wildman–Crippen MR) is 126 cm³/mol. The van der Waals surface area contributed by atoms with E-state index >= 15 is 0 Å². The van der Waals surface area contributed by atoms with E-state index in [0.717, 1.165) is 43.5 Å². The van der Waals surface area contributed by atoms with Gasteiger partial charge in [0, 0.05) is 22.7 Å². The predicted octanol–water partition coefficient (Wildman–Crippen LogP) is 4.81. The fraction of sp³-hybridized carbons (Fsp3) is 0.217. The van der Waals surface area contributed by atoms with Crippen molar-refractivity contribution in [1.82, 2.24) is 4.90 Å². The summed E-state index contributed by atoms with van der Waals surface area (Å²) in [5, 5.41) is 0. The maximum atomic E-state index is 13.8. The minimum atomic E-state index is -3.72. The Bertz CT molecular complexity index is 1150. The fourth-order valence-corrected chi connectivity index (χ4v) is 5.60. The van der Waals surface area contributed by atoms with Crippen LogP contribution >= 0.6 is 22.6 Å². The summed E-state index contributed by atoms with van der Waals surface area (Å²) in [6.07, 6.45) is 1.06. The van der Waals surface area contributed by atoms with Crippen LogP contribution in [0.2, 0.25) is 0 Å². The lowest BCUT2D eigenvalue weighted by molar-refractivity contribution is 0.116. The number of nitrogens with zero attached hydrogens (tertiary/aromatic N) is 2. The standard InChI is InChI=1S/C23H21F2IN2O2S/c1-31(29,30)28(21-12-18(24)11-19(25)13-21)22-14-27(15-22)23(16-5-3-2-4-6-16)17-7-9-20(26)10-8-17/h2-13,22-23H,14-15H2,1H3. The Kier molecular flexibility index (Phi) is 6.32. The molecule has 0 bridgehead atoms. The Balaban J connectivity index is 1.64. The van der Waals surface area contributed by atoms with Gasteiger partial charge in [0.25, 0.3) is 0 Å². The van der Waals surface area contributed by atoms with Crippen molar-refractivity contribution in [2.24, 2.45) is 0 Å². The fourth-order valence-electron chi connectivity index (χ4n) is 4.08. The third-order valence-electron chi connectivity index (χ3n) is 5.35. The highest BCUT2D eigenvalue weighted by Crippen LogP contribution is 2.36. The molecule has 1 atom stereocenters. The maximum Gasteiger partial charge on any atom is 0.232 e. The van der Waals surface area contributed by atoms with Gasteiger partial charge in [-0.15, -0.1) is 0 Å². The molecule has 1 aliphatic rings. The number of hydrogen-bond acceptors (Lipinski definition) is 3. The van der Waals surface area contributed by atoms with Crippen LogP contribution in [0.5, 0.6) is 0 Å². The highest BCUT2D eigenvalue weighted by Gasteiger charge is 2.40. The van der Waals surface area contributed by atoms with Gasteiger partial charge in [-0.2, -0.15) is 0 Å². The van der Waals surface area contributed by atoms with Crippen LogP contribution in [0.25, 0.3) is 0 Å². The van der Waals surface area contributed by atoms with Crippen molar-refractivity contribution >= 4 is 38.3 Å². The van der Waals surface area contributed by atoms with Gasteiger partial charge in [-0.1, -0.05) is 42.5 Å². The lowest BCUT2D eigenvalue weighted by Gasteiger charge is -2.48. The molecule has 1 saturated heterocycles. The molecular weight excluding hydrogens is 533 g/mol. The molecule has 0 aliphatic carbocycles. The van der Waals surface area contributed by atoms with Gasteiger partial charge < -0.3 is 0 Å². The molecule has 162 valence electrons. The smallest absolute Gasteiger partial charge is 0.232 e. The summed E-state index contributed by atoms with van der Waals surface area (Å²) in [7, 11) is -3.72. The van der Waals surface area contributed by atoms with Crippen molar-refractivity contribution in [2.75, 3.05) is 23.7 Å². The summed E-state index contributed by atoms with van der Waals surface area (Å²) in [6.45, 7) is 0.882. The van der Waals surface area contributed by atoms with Gasteiger partial charge in [0.15, 0.2) is 0 Å². The summed E-state index contributed by atoms with van der Waals surface area (Å²) in [6, 6.07) is 20.6. The topological polar surface area (TPSA) is 40.6 Å².